The fourth-order valence-electron chi connectivity index (χ4n) is 3.93. The molecule has 4 rings (SSSR count). The topological polar surface area (TPSA) is 92.1 Å². The molecule has 1 aromatic heterocycles. The molecule has 1 saturated heterocycles. The van der Waals surface area contributed by atoms with E-state index in [0.29, 0.717) is 25.9 Å². The minimum Gasteiger partial charge on any atom is -0.449 e. The highest BCUT2D eigenvalue weighted by atomic mass is 19.1. The molecular weight excluding hydrogens is 400 g/mol. The van der Waals surface area contributed by atoms with Crippen LogP contribution in [0.1, 0.15) is 26.7 Å². The van der Waals surface area contributed by atoms with Crippen LogP contribution in [0.4, 0.5) is 19.3 Å². The third-order valence-electron chi connectivity index (χ3n) is 5.92. The molecule has 2 fully saturated rings. The number of hydrogen-bond acceptors (Lipinski definition) is 5. The molecule has 1 aromatic carbocycles. The van der Waals surface area contributed by atoms with E-state index < -0.39 is 34.5 Å². The maximum Gasteiger partial charge on any atom is 0.511 e. The third-order valence-corrected chi connectivity index (χ3v) is 5.92. The van der Waals surface area contributed by atoms with E-state index in [9.17, 15) is 18.8 Å². The smallest absolute Gasteiger partial charge is 0.449 e. The molecule has 8 nitrogen and oxygen atoms in total. The number of benzene rings is 1. The Kier molecular flexibility index (Phi) is 4.67. The molecule has 0 spiro atoms. The molecule has 160 valence electrons. The van der Waals surface area contributed by atoms with E-state index in [0.717, 1.165) is 6.07 Å². The van der Waals surface area contributed by atoms with Gasteiger partial charge in [-0.05, 0) is 25.8 Å². The lowest BCUT2D eigenvalue weighted by Crippen LogP contribution is -2.48. The van der Waals surface area contributed by atoms with Crippen LogP contribution in [0.25, 0.3) is 10.9 Å². The number of fused-ring (bicyclic) bond motifs is 1. The molecule has 1 saturated carbocycles. The van der Waals surface area contributed by atoms with Crippen LogP contribution in [0.2, 0.25) is 0 Å². The van der Waals surface area contributed by atoms with E-state index in [-0.39, 0.29) is 35.6 Å². The number of ether oxygens (including phenoxy) is 1. The molecular formula is C20H21F2N3O5. The van der Waals surface area contributed by atoms with Crippen LogP contribution in [0.3, 0.4) is 0 Å². The van der Waals surface area contributed by atoms with Crippen molar-refractivity contribution in [2.24, 2.45) is 0 Å². The maximum atomic E-state index is 15.7. The number of nitrogens with zero attached hydrogens (tertiary/aromatic N) is 3. The Morgan fingerprint density at radius 3 is 2.33 bits per heavy atom. The Bertz CT molecular complexity index is 1120. The van der Waals surface area contributed by atoms with E-state index in [2.05, 4.69) is 4.74 Å². The first kappa shape index (κ1) is 20.1. The van der Waals surface area contributed by atoms with Gasteiger partial charge in [0.05, 0.1) is 17.1 Å². The van der Waals surface area contributed by atoms with Crippen molar-refractivity contribution in [2.45, 2.75) is 32.2 Å². The summed E-state index contributed by atoms with van der Waals surface area (Å²) in [4.78, 5) is 38.3. The SMILES string of the molecule is CC(=O)N1CCN(c2c(F)cc3c(=O)c(OC(=O)O)cn(C4(C)CC4)c3c2F)CC1. The van der Waals surface area contributed by atoms with Gasteiger partial charge in [0, 0.05) is 38.6 Å². The average Bonchev–Trinajstić information content (AvgIpc) is 3.43. The summed E-state index contributed by atoms with van der Waals surface area (Å²) in [5.74, 6) is -2.40. The van der Waals surface area contributed by atoms with Gasteiger partial charge in [0.1, 0.15) is 11.5 Å². The lowest BCUT2D eigenvalue weighted by molar-refractivity contribution is -0.129. The molecule has 0 bridgehead atoms. The number of carbonyl (C=O) groups excluding carboxylic acids is 1. The summed E-state index contributed by atoms with van der Waals surface area (Å²) in [6.45, 7) is 4.46. The van der Waals surface area contributed by atoms with Crippen LogP contribution in [-0.4, -0.2) is 52.8 Å². The first-order chi connectivity index (χ1) is 14.1. The monoisotopic (exact) mass is 421 g/mol. The van der Waals surface area contributed by atoms with E-state index in [1.807, 2.05) is 6.92 Å². The second-order valence-electron chi connectivity index (χ2n) is 7.97. The number of hydrogen-bond donors (Lipinski definition) is 1. The van der Waals surface area contributed by atoms with E-state index in [1.54, 1.807) is 4.90 Å². The summed E-state index contributed by atoms with van der Waals surface area (Å²) >= 11 is 0. The van der Waals surface area contributed by atoms with Gasteiger partial charge in [-0.2, -0.15) is 0 Å². The van der Waals surface area contributed by atoms with Crippen molar-refractivity contribution in [1.82, 2.24) is 9.47 Å². The van der Waals surface area contributed by atoms with Gasteiger partial charge in [0.15, 0.2) is 11.6 Å². The van der Waals surface area contributed by atoms with Crippen LogP contribution in [0, 0.1) is 11.6 Å². The van der Waals surface area contributed by atoms with E-state index >= 15 is 4.39 Å². The Labute approximate surface area is 170 Å². The van der Waals surface area contributed by atoms with Crippen molar-refractivity contribution < 1.29 is 28.2 Å². The molecule has 2 heterocycles. The highest BCUT2D eigenvalue weighted by molar-refractivity contribution is 5.86. The Morgan fingerprint density at radius 2 is 1.80 bits per heavy atom. The minimum atomic E-state index is -1.68. The highest BCUT2D eigenvalue weighted by Gasteiger charge is 2.41. The number of halogens is 2. The molecule has 2 aromatic rings. The number of rotatable bonds is 3. The predicted octanol–water partition coefficient (Wildman–Crippen LogP) is 2.51. The highest BCUT2D eigenvalue weighted by Crippen LogP contribution is 2.46. The van der Waals surface area contributed by atoms with Gasteiger partial charge in [-0.25, -0.2) is 13.6 Å². The molecule has 0 unspecified atom stereocenters. The quantitative estimate of drug-likeness (QED) is 0.766. The van der Waals surface area contributed by atoms with Gasteiger partial charge >= 0.3 is 6.16 Å². The first-order valence-electron chi connectivity index (χ1n) is 9.61. The number of carboxylic acid groups (broad SMARTS) is 1. The van der Waals surface area contributed by atoms with E-state index in [4.69, 9.17) is 5.11 Å². The number of amides is 1. The molecule has 30 heavy (non-hydrogen) atoms. The molecule has 1 N–H and O–H groups in total. The van der Waals surface area contributed by atoms with Gasteiger partial charge in [-0.1, -0.05) is 0 Å². The van der Waals surface area contributed by atoms with Crippen LogP contribution < -0.4 is 15.1 Å². The van der Waals surface area contributed by atoms with Crippen LogP contribution in [0.5, 0.6) is 5.75 Å². The summed E-state index contributed by atoms with van der Waals surface area (Å²) in [6.07, 6.45) is 0.895. The standard InChI is InChI=1S/C20H21F2N3O5/c1-11(26)23-5-7-24(8-6-23)17-13(21)9-12-16(15(17)22)25(20(2)3-4-20)10-14(18(12)27)30-19(28)29/h9-10H,3-8H2,1-2H3,(H,28,29). The largest absolute Gasteiger partial charge is 0.511 e. The van der Waals surface area contributed by atoms with Crippen LogP contribution >= 0.6 is 0 Å². The van der Waals surface area contributed by atoms with Crippen molar-refractivity contribution in [2.75, 3.05) is 31.1 Å². The Hall–Kier alpha value is -3.17. The number of piperazine rings is 1. The molecule has 1 amide bonds. The molecule has 2 aliphatic rings. The average molecular weight is 421 g/mol. The van der Waals surface area contributed by atoms with Crippen molar-refractivity contribution in [1.29, 1.82) is 0 Å². The second kappa shape index (κ2) is 6.96. The van der Waals surface area contributed by atoms with Crippen molar-refractivity contribution in [3.05, 3.63) is 34.1 Å². The molecule has 0 radical (unpaired) electrons. The number of carbonyl (C=O) groups is 2. The number of anilines is 1. The van der Waals surface area contributed by atoms with Crippen molar-refractivity contribution in [3.8, 4) is 5.75 Å². The molecule has 0 atom stereocenters. The van der Waals surface area contributed by atoms with Crippen molar-refractivity contribution >= 4 is 28.7 Å². The summed E-state index contributed by atoms with van der Waals surface area (Å²) in [5, 5.41) is 8.63. The predicted molar refractivity (Wildman–Crippen MR) is 104 cm³/mol. The molecule has 1 aliphatic carbocycles. The van der Waals surface area contributed by atoms with Gasteiger partial charge in [-0.3, -0.25) is 9.59 Å². The van der Waals surface area contributed by atoms with E-state index in [1.165, 1.54) is 22.6 Å². The fraction of sp³-hybridized carbons (Fsp3) is 0.450. The van der Waals surface area contributed by atoms with Gasteiger partial charge in [0.25, 0.3) is 0 Å². The van der Waals surface area contributed by atoms with Gasteiger partial charge in [0.2, 0.25) is 11.3 Å². The Morgan fingerprint density at radius 1 is 1.17 bits per heavy atom. The lowest BCUT2D eigenvalue weighted by atomic mass is 10.1. The zero-order valence-corrected chi connectivity index (χ0v) is 16.6. The zero-order valence-electron chi connectivity index (χ0n) is 16.6. The first-order valence-corrected chi connectivity index (χ1v) is 9.61. The minimum absolute atomic E-state index is 0.0804. The van der Waals surface area contributed by atoms with Gasteiger partial charge in [-0.15, -0.1) is 0 Å². The fourth-order valence-corrected chi connectivity index (χ4v) is 3.93. The summed E-state index contributed by atoms with van der Waals surface area (Å²) in [5.41, 5.74) is -1.75. The summed E-state index contributed by atoms with van der Waals surface area (Å²) < 4.78 is 36.7. The van der Waals surface area contributed by atoms with Crippen LogP contribution in [-0.2, 0) is 10.3 Å². The van der Waals surface area contributed by atoms with Crippen LogP contribution in [0.15, 0.2) is 17.1 Å². The number of pyridine rings is 1. The normalized spacial score (nSPS) is 17.9. The molecule has 10 heteroatoms. The third kappa shape index (κ3) is 3.25. The maximum absolute atomic E-state index is 15.7. The Balaban J connectivity index is 1.88. The summed E-state index contributed by atoms with van der Waals surface area (Å²) in [6, 6.07) is 0.935. The summed E-state index contributed by atoms with van der Waals surface area (Å²) in [7, 11) is 0. The zero-order chi connectivity index (χ0) is 21.8. The van der Waals surface area contributed by atoms with Gasteiger partial charge < -0.3 is 24.2 Å². The number of aromatic nitrogens is 1. The van der Waals surface area contributed by atoms with Crippen molar-refractivity contribution in [3.63, 3.8) is 0 Å². The lowest BCUT2D eigenvalue weighted by Gasteiger charge is -2.36. The second-order valence-corrected chi connectivity index (χ2v) is 7.97. The molecule has 1 aliphatic heterocycles.